The highest BCUT2D eigenvalue weighted by Gasteiger charge is 2.08. The Morgan fingerprint density at radius 2 is 2.11 bits per heavy atom. The van der Waals surface area contributed by atoms with Gasteiger partial charge in [0.2, 0.25) is 0 Å². The number of benzene rings is 1. The number of nitrogens with one attached hydrogen (secondary N) is 1. The van der Waals surface area contributed by atoms with Crippen LogP contribution in [0.5, 0.6) is 5.75 Å². The molecule has 0 aromatic heterocycles. The minimum absolute atomic E-state index is 0.223. The quantitative estimate of drug-likeness (QED) is 0.804. The molecule has 2 N–H and O–H groups in total. The molecule has 1 unspecified atom stereocenters. The molecule has 0 aliphatic heterocycles. The Balaban J connectivity index is 2.33. The van der Waals surface area contributed by atoms with Crippen LogP contribution in [0.15, 0.2) is 22.7 Å². The molecular weight excluding hydrogens is 318 g/mol. The number of ether oxygens (including phenoxy) is 1. The highest BCUT2D eigenvalue weighted by atomic mass is 79.9. The molecule has 0 fully saturated rings. The summed E-state index contributed by atoms with van der Waals surface area (Å²) >= 11 is 9.33. The average Bonchev–Trinajstić information content (AvgIpc) is 2.30. The summed E-state index contributed by atoms with van der Waals surface area (Å²) in [6.07, 6.45) is -0.543. The van der Waals surface area contributed by atoms with Crippen molar-refractivity contribution in [1.29, 1.82) is 0 Å². The van der Waals surface area contributed by atoms with Crippen LogP contribution in [0.4, 0.5) is 0 Å². The molecule has 18 heavy (non-hydrogen) atoms. The maximum absolute atomic E-state index is 9.74. The smallest absolute Gasteiger partial charge is 0.139 e. The molecule has 0 bridgehead atoms. The van der Waals surface area contributed by atoms with Crippen LogP contribution in [-0.4, -0.2) is 30.9 Å². The fourth-order valence-electron chi connectivity index (χ4n) is 1.37. The Morgan fingerprint density at radius 1 is 1.39 bits per heavy atom. The standard InChI is InChI=1S/C13H19BrClNO2/c1-9(2)6-16-7-11(17)8-18-13-5-10(14)3-4-12(13)15/h3-5,9,11,16-17H,6-8H2,1-2H3. The van der Waals surface area contributed by atoms with Gasteiger partial charge in [0, 0.05) is 11.0 Å². The number of rotatable bonds is 7. The molecule has 3 nitrogen and oxygen atoms in total. The van der Waals surface area contributed by atoms with Gasteiger partial charge < -0.3 is 15.2 Å². The molecule has 0 amide bonds. The molecule has 102 valence electrons. The molecule has 0 radical (unpaired) electrons. The van der Waals surface area contributed by atoms with Gasteiger partial charge in [-0.25, -0.2) is 0 Å². The minimum Gasteiger partial charge on any atom is -0.489 e. The zero-order valence-electron chi connectivity index (χ0n) is 10.6. The van der Waals surface area contributed by atoms with Crippen molar-refractivity contribution in [3.8, 4) is 5.75 Å². The summed E-state index contributed by atoms with van der Waals surface area (Å²) < 4.78 is 6.38. The summed E-state index contributed by atoms with van der Waals surface area (Å²) in [5, 5.41) is 13.5. The first-order valence-electron chi connectivity index (χ1n) is 5.95. The van der Waals surface area contributed by atoms with Gasteiger partial charge in [-0.15, -0.1) is 0 Å². The molecule has 1 aromatic carbocycles. The van der Waals surface area contributed by atoms with E-state index < -0.39 is 6.10 Å². The first-order valence-corrected chi connectivity index (χ1v) is 7.12. The molecular formula is C13H19BrClNO2. The second-order valence-corrected chi connectivity index (χ2v) is 5.91. The summed E-state index contributed by atoms with van der Waals surface area (Å²) in [7, 11) is 0. The summed E-state index contributed by atoms with van der Waals surface area (Å²) in [6.45, 7) is 5.87. The predicted molar refractivity (Wildman–Crippen MR) is 78.4 cm³/mol. The number of hydrogen-bond acceptors (Lipinski definition) is 3. The van der Waals surface area contributed by atoms with Crippen molar-refractivity contribution in [2.24, 2.45) is 5.92 Å². The molecule has 1 rings (SSSR count). The van der Waals surface area contributed by atoms with E-state index in [9.17, 15) is 5.11 Å². The lowest BCUT2D eigenvalue weighted by molar-refractivity contribution is 0.106. The van der Waals surface area contributed by atoms with Gasteiger partial charge in [0.15, 0.2) is 0 Å². The van der Waals surface area contributed by atoms with E-state index in [-0.39, 0.29) is 6.61 Å². The molecule has 1 aromatic rings. The van der Waals surface area contributed by atoms with Gasteiger partial charge in [0.25, 0.3) is 0 Å². The Labute approximate surface area is 122 Å². The number of hydrogen-bond donors (Lipinski definition) is 2. The van der Waals surface area contributed by atoms with Crippen molar-refractivity contribution in [3.63, 3.8) is 0 Å². The Kier molecular flexibility index (Phi) is 7.00. The molecule has 1 atom stereocenters. The van der Waals surface area contributed by atoms with E-state index in [2.05, 4.69) is 35.1 Å². The van der Waals surface area contributed by atoms with E-state index in [1.54, 1.807) is 12.1 Å². The number of aliphatic hydroxyl groups is 1. The summed E-state index contributed by atoms with van der Waals surface area (Å²) in [5.41, 5.74) is 0. The van der Waals surface area contributed by atoms with Gasteiger partial charge in [-0.3, -0.25) is 0 Å². The zero-order chi connectivity index (χ0) is 13.5. The van der Waals surface area contributed by atoms with Crippen LogP contribution in [0.2, 0.25) is 5.02 Å². The Bertz CT molecular complexity index is 374. The third kappa shape index (κ3) is 6.05. The van der Waals surface area contributed by atoms with E-state index in [0.717, 1.165) is 11.0 Å². The zero-order valence-corrected chi connectivity index (χ0v) is 13.0. The first-order chi connectivity index (χ1) is 8.49. The molecule has 0 heterocycles. The van der Waals surface area contributed by atoms with Crippen LogP contribution in [-0.2, 0) is 0 Å². The second kappa shape index (κ2) is 8.00. The molecule has 0 saturated carbocycles. The largest absolute Gasteiger partial charge is 0.489 e. The van der Waals surface area contributed by atoms with Gasteiger partial charge >= 0.3 is 0 Å². The van der Waals surface area contributed by atoms with Crippen LogP contribution in [0.3, 0.4) is 0 Å². The van der Waals surface area contributed by atoms with Gasteiger partial charge in [-0.2, -0.15) is 0 Å². The van der Waals surface area contributed by atoms with Crippen LogP contribution in [0.1, 0.15) is 13.8 Å². The van der Waals surface area contributed by atoms with E-state index in [4.69, 9.17) is 16.3 Å². The fourth-order valence-corrected chi connectivity index (χ4v) is 1.88. The van der Waals surface area contributed by atoms with Crippen LogP contribution >= 0.6 is 27.5 Å². The summed E-state index contributed by atoms with van der Waals surface area (Å²) in [5.74, 6) is 1.14. The lowest BCUT2D eigenvalue weighted by atomic mass is 10.2. The molecule has 0 aliphatic carbocycles. The molecule has 0 aliphatic rings. The van der Waals surface area contributed by atoms with Crippen molar-refractivity contribution in [3.05, 3.63) is 27.7 Å². The van der Waals surface area contributed by atoms with Gasteiger partial charge in [-0.05, 0) is 30.7 Å². The lowest BCUT2D eigenvalue weighted by Crippen LogP contribution is -2.33. The Hall–Kier alpha value is -0.290. The van der Waals surface area contributed by atoms with Crippen molar-refractivity contribution >= 4 is 27.5 Å². The highest BCUT2D eigenvalue weighted by molar-refractivity contribution is 9.10. The van der Waals surface area contributed by atoms with Gasteiger partial charge in [0.05, 0.1) is 5.02 Å². The van der Waals surface area contributed by atoms with Crippen LogP contribution in [0, 0.1) is 5.92 Å². The van der Waals surface area contributed by atoms with E-state index >= 15 is 0 Å². The van der Waals surface area contributed by atoms with Crippen LogP contribution in [0.25, 0.3) is 0 Å². The van der Waals surface area contributed by atoms with Gasteiger partial charge in [0.1, 0.15) is 18.5 Å². The van der Waals surface area contributed by atoms with Gasteiger partial charge in [-0.1, -0.05) is 41.4 Å². The SMILES string of the molecule is CC(C)CNCC(O)COc1cc(Br)ccc1Cl. The summed E-state index contributed by atoms with van der Waals surface area (Å²) in [6, 6.07) is 5.39. The molecule has 5 heteroatoms. The molecule has 0 saturated heterocycles. The van der Waals surface area contributed by atoms with E-state index in [1.165, 1.54) is 0 Å². The third-order valence-corrected chi connectivity index (χ3v) is 3.06. The maximum atomic E-state index is 9.74. The second-order valence-electron chi connectivity index (χ2n) is 4.59. The van der Waals surface area contributed by atoms with E-state index in [1.807, 2.05) is 6.07 Å². The highest BCUT2D eigenvalue weighted by Crippen LogP contribution is 2.27. The lowest BCUT2D eigenvalue weighted by Gasteiger charge is -2.15. The van der Waals surface area contributed by atoms with Crippen LogP contribution < -0.4 is 10.1 Å². The average molecular weight is 337 g/mol. The molecule has 0 spiro atoms. The normalized spacial score (nSPS) is 12.8. The topological polar surface area (TPSA) is 41.5 Å². The van der Waals surface area contributed by atoms with Crippen molar-refractivity contribution in [2.45, 2.75) is 20.0 Å². The fraction of sp³-hybridized carbons (Fsp3) is 0.538. The van der Waals surface area contributed by atoms with E-state index in [0.29, 0.717) is 23.2 Å². The Morgan fingerprint density at radius 3 is 2.78 bits per heavy atom. The first kappa shape index (κ1) is 15.8. The number of halogens is 2. The summed E-state index contributed by atoms with van der Waals surface area (Å²) in [4.78, 5) is 0. The predicted octanol–water partition coefficient (Wildman–Crippen LogP) is 3.09. The van der Waals surface area contributed by atoms with Crippen molar-refractivity contribution < 1.29 is 9.84 Å². The maximum Gasteiger partial charge on any atom is 0.139 e. The third-order valence-electron chi connectivity index (χ3n) is 2.26. The van der Waals surface area contributed by atoms with Crippen molar-refractivity contribution in [1.82, 2.24) is 5.32 Å². The minimum atomic E-state index is -0.543. The number of aliphatic hydroxyl groups excluding tert-OH is 1. The monoisotopic (exact) mass is 335 g/mol. The van der Waals surface area contributed by atoms with Crippen molar-refractivity contribution in [2.75, 3.05) is 19.7 Å².